The van der Waals surface area contributed by atoms with Crippen LogP contribution in [-0.2, 0) is 11.3 Å². The molecule has 0 fully saturated rings. The predicted molar refractivity (Wildman–Crippen MR) is 117 cm³/mol. The number of nitrogens with one attached hydrogen (secondary N) is 1. The highest BCUT2D eigenvalue weighted by Crippen LogP contribution is 2.32. The first-order valence-corrected chi connectivity index (χ1v) is 9.87. The minimum absolute atomic E-state index is 0.0201. The van der Waals surface area contributed by atoms with Gasteiger partial charge in [0.1, 0.15) is 23.7 Å². The Hall–Kier alpha value is -4.13. The number of carbonyl (C=O) groups excluding carboxylic acids is 1. The van der Waals surface area contributed by atoms with Crippen LogP contribution in [0.15, 0.2) is 36.4 Å². The number of hydrogen-bond acceptors (Lipinski definition) is 7. The topological polar surface area (TPSA) is 142 Å². The van der Waals surface area contributed by atoms with Crippen LogP contribution in [0.2, 0.25) is 5.02 Å². The quantitative estimate of drug-likeness (QED) is 0.328. The smallest absolute Gasteiger partial charge is 0.319 e. The average Bonchev–Trinajstić information content (AvgIpc) is 3.07. The number of halogens is 3. The number of aromatic nitrogens is 2. The summed E-state index contributed by atoms with van der Waals surface area (Å²) in [4.78, 5) is 33.2. The molecular weight excluding hydrogens is 480 g/mol. The van der Waals surface area contributed by atoms with Crippen LogP contribution in [0.25, 0.3) is 0 Å². The molecule has 0 aliphatic heterocycles. The van der Waals surface area contributed by atoms with Crippen molar-refractivity contribution in [1.29, 1.82) is 0 Å². The molecule has 0 aliphatic carbocycles. The molecule has 0 saturated heterocycles. The van der Waals surface area contributed by atoms with Crippen LogP contribution < -0.4 is 10.1 Å². The summed E-state index contributed by atoms with van der Waals surface area (Å²) in [6.07, 6.45) is -3.21. The molecule has 0 atom stereocenters. The van der Waals surface area contributed by atoms with Gasteiger partial charge in [-0.3, -0.25) is 29.7 Å². The van der Waals surface area contributed by atoms with Crippen molar-refractivity contribution in [3.05, 3.63) is 78.6 Å². The van der Waals surface area contributed by atoms with Gasteiger partial charge in [0.2, 0.25) is 11.6 Å². The summed E-state index contributed by atoms with van der Waals surface area (Å²) in [6, 6.07) is 8.30. The third kappa shape index (κ3) is 5.43. The number of nitro benzene ring substituents is 1. The Morgan fingerprint density at radius 3 is 2.41 bits per heavy atom. The van der Waals surface area contributed by atoms with E-state index in [-0.39, 0.29) is 22.8 Å². The standard InChI is InChI=1S/C20H16ClF2N5O6/c1-10-5-14(3-4-16(10)21)34-15-7-12(6-13(8-15)27(30)31)24-17(29)9-26-11(2)19(28(32)33)18(25-26)20(22)23/h3-8,20H,9H2,1-2H3,(H,24,29). The summed E-state index contributed by atoms with van der Waals surface area (Å²) >= 11 is 5.98. The van der Waals surface area contributed by atoms with E-state index in [4.69, 9.17) is 16.3 Å². The van der Waals surface area contributed by atoms with E-state index in [9.17, 15) is 33.8 Å². The molecule has 0 unspecified atom stereocenters. The van der Waals surface area contributed by atoms with Gasteiger partial charge >= 0.3 is 5.69 Å². The van der Waals surface area contributed by atoms with Crippen molar-refractivity contribution >= 4 is 34.6 Å². The number of benzene rings is 2. The van der Waals surface area contributed by atoms with Gasteiger partial charge in [-0.25, -0.2) is 8.78 Å². The largest absolute Gasteiger partial charge is 0.457 e. The van der Waals surface area contributed by atoms with E-state index < -0.39 is 40.1 Å². The van der Waals surface area contributed by atoms with Gasteiger partial charge in [0.25, 0.3) is 12.1 Å². The Morgan fingerprint density at radius 1 is 1.15 bits per heavy atom. The van der Waals surface area contributed by atoms with Gasteiger partial charge in [-0.05, 0) is 37.6 Å². The summed E-state index contributed by atoms with van der Waals surface area (Å²) in [5, 5.41) is 28.8. The van der Waals surface area contributed by atoms with Crippen LogP contribution >= 0.6 is 11.6 Å². The van der Waals surface area contributed by atoms with Crippen molar-refractivity contribution in [3.8, 4) is 11.5 Å². The van der Waals surface area contributed by atoms with Crippen LogP contribution in [0.5, 0.6) is 11.5 Å². The Balaban J connectivity index is 1.85. The highest BCUT2D eigenvalue weighted by Gasteiger charge is 2.31. The van der Waals surface area contributed by atoms with Gasteiger partial charge in [-0.15, -0.1) is 0 Å². The molecule has 0 saturated carbocycles. The van der Waals surface area contributed by atoms with Crippen LogP contribution in [0.1, 0.15) is 23.4 Å². The first-order valence-electron chi connectivity index (χ1n) is 9.49. The van der Waals surface area contributed by atoms with Crippen molar-refractivity contribution in [2.75, 3.05) is 5.32 Å². The SMILES string of the molecule is Cc1cc(Oc2cc(NC(=O)Cn3nc(C(F)F)c([N+](=O)[O-])c3C)cc([N+](=O)[O-])c2)ccc1Cl. The van der Waals surface area contributed by atoms with E-state index in [0.717, 1.165) is 16.8 Å². The zero-order valence-electron chi connectivity index (χ0n) is 17.6. The predicted octanol–water partition coefficient (Wildman–Crippen LogP) is 5.34. The van der Waals surface area contributed by atoms with Gasteiger partial charge in [-0.2, -0.15) is 5.10 Å². The van der Waals surface area contributed by atoms with E-state index in [2.05, 4.69) is 10.4 Å². The molecule has 14 heteroatoms. The Labute approximate surface area is 195 Å². The number of ether oxygens (including phenoxy) is 1. The highest BCUT2D eigenvalue weighted by atomic mass is 35.5. The molecule has 1 amide bonds. The molecule has 3 aromatic rings. The van der Waals surface area contributed by atoms with Gasteiger partial charge in [0.05, 0.1) is 21.6 Å². The minimum atomic E-state index is -3.21. The lowest BCUT2D eigenvalue weighted by atomic mass is 10.2. The number of non-ortho nitro benzene ring substituents is 1. The number of rotatable bonds is 8. The summed E-state index contributed by atoms with van der Waals surface area (Å²) in [5.74, 6) is -0.425. The summed E-state index contributed by atoms with van der Waals surface area (Å²) in [7, 11) is 0. The fraction of sp³-hybridized carbons (Fsp3) is 0.200. The fourth-order valence-electron chi connectivity index (χ4n) is 3.06. The molecule has 0 bridgehead atoms. The number of carbonyl (C=O) groups is 1. The molecule has 0 radical (unpaired) electrons. The second-order valence-electron chi connectivity index (χ2n) is 7.07. The molecule has 1 heterocycles. The second kappa shape index (κ2) is 9.79. The van der Waals surface area contributed by atoms with Crippen molar-refractivity contribution in [2.45, 2.75) is 26.8 Å². The lowest BCUT2D eigenvalue weighted by Gasteiger charge is -2.11. The number of anilines is 1. The maximum absolute atomic E-state index is 13.1. The van der Waals surface area contributed by atoms with E-state index in [1.54, 1.807) is 25.1 Å². The average molecular weight is 496 g/mol. The van der Waals surface area contributed by atoms with E-state index in [0.29, 0.717) is 16.3 Å². The maximum Gasteiger partial charge on any atom is 0.319 e. The van der Waals surface area contributed by atoms with E-state index >= 15 is 0 Å². The fourth-order valence-corrected chi connectivity index (χ4v) is 3.18. The summed E-state index contributed by atoms with van der Waals surface area (Å²) < 4.78 is 32.6. The zero-order valence-corrected chi connectivity index (χ0v) is 18.4. The Morgan fingerprint density at radius 2 is 1.85 bits per heavy atom. The normalized spacial score (nSPS) is 10.9. The maximum atomic E-state index is 13.1. The van der Waals surface area contributed by atoms with E-state index in [1.165, 1.54) is 13.0 Å². The highest BCUT2D eigenvalue weighted by molar-refractivity contribution is 6.31. The van der Waals surface area contributed by atoms with Crippen molar-refractivity contribution in [3.63, 3.8) is 0 Å². The van der Waals surface area contributed by atoms with E-state index in [1.807, 2.05) is 0 Å². The number of aryl methyl sites for hydroxylation is 1. The zero-order chi connectivity index (χ0) is 25.2. The van der Waals surface area contributed by atoms with Gasteiger partial charge < -0.3 is 10.1 Å². The van der Waals surface area contributed by atoms with Crippen molar-refractivity contribution in [1.82, 2.24) is 9.78 Å². The number of nitrogens with zero attached hydrogens (tertiary/aromatic N) is 4. The lowest BCUT2D eigenvalue weighted by molar-refractivity contribution is -0.386. The van der Waals surface area contributed by atoms with Crippen LogP contribution in [-0.4, -0.2) is 25.5 Å². The minimum Gasteiger partial charge on any atom is -0.457 e. The Kier molecular flexibility index (Phi) is 7.05. The molecular formula is C20H16ClF2N5O6. The molecule has 3 rings (SSSR count). The molecule has 34 heavy (non-hydrogen) atoms. The van der Waals surface area contributed by atoms with Crippen LogP contribution in [0.4, 0.5) is 25.8 Å². The van der Waals surface area contributed by atoms with Gasteiger partial charge in [0, 0.05) is 17.2 Å². The molecule has 178 valence electrons. The number of nitro groups is 2. The molecule has 1 N–H and O–H groups in total. The first-order chi connectivity index (χ1) is 16.0. The molecule has 0 aliphatic rings. The van der Waals surface area contributed by atoms with Crippen molar-refractivity contribution in [2.24, 2.45) is 0 Å². The molecule has 0 spiro atoms. The Bertz CT molecular complexity index is 1300. The lowest BCUT2D eigenvalue weighted by Crippen LogP contribution is -2.20. The second-order valence-corrected chi connectivity index (χ2v) is 7.48. The summed E-state index contributed by atoms with van der Waals surface area (Å²) in [6.45, 7) is 2.28. The number of alkyl halides is 2. The van der Waals surface area contributed by atoms with Crippen LogP contribution in [0.3, 0.4) is 0 Å². The molecule has 2 aromatic carbocycles. The monoisotopic (exact) mass is 495 g/mol. The third-order valence-corrected chi connectivity index (χ3v) is 5.06. The third-order valence-electron chi connectivity index (χ3n) is 4.63. The summed E-state index contributed by atoms with van der Waals surface area (Å²) in [5.41, 5.74) is -1.87. The number of amides is 1. The molecule has 11 nitrogen and oxygen atoms in total. The van der Waals surface area contributed by atoms with Gasteiger partial charge in [-0.1, -0.05) is 11.6 Å². The van der Waals surface area contributed by atoms with Crippen molar-refractivity contribution < 1.29 is 28.2 Å². The van der Waals surface area contributed by atoms with Crippen LogP contribution in [0, 0.1) is 34.1 Å². The number of hydrogen-bond donors (Lipinski definition) is 1. The molecule has 1 aromatic heterocycles. The van der Waals surface area contributed by atoms with Gasteiger partial charge in [0.15, 0.2) is 0 Å². The first kappa shape index (κ1) is 24.5.